The Morgan fingerprint density at radius 3 is 2.64 bits per heavy atom. The molecule has 2 aromatic carbocycles. The fourth-order valence-corrected chi connectivity index (χ4v) is 3.83. The molecule has 2 heterocycles. The first-order valence-corrected chi connectivity index (χ1v) is 9.85. The zero-order chi connectivity index (χ0) is 19.3. The summed E-state index contributed by atoms with van der Waals surface area (Å²) in [6, 6.07) is 14.8. The lowest BCUT2D eigenvalue weighted by molar-refractivity contribution is 0.626. The Balaban J connectivity index is 1.73. The summed E-state index contributed by atoms with van der Waals surface area (Å²) in [5, 5.41) is 11.2. The number of hydrogen-bond donors (Lipinski definition) is 0. The summed E-state index contributed by atoms with van der Waals surface area (Å²) in [6.07, 6.45) is 3.89. The summed E-state index contributed by atoms with van der Waals surface area (Å²) in [5.41, 5.74) is 2.85. The first kappa shape index (κ1) is 17.5. The summed E-state index contributed by atoms with van der Waals surface area (Å²) in [6.45, 7) is 0.314. The monoisotopic (exact) mass is 410 g/mol. The van der Waals surface area contributed by atoms with Gasteiger partial charge in [-0.15, -0.1) is 0 Å². The van der Waals surface area contributed by atoms with Gasteiger partial charge in [0.2, 0.25) is 0 Å². The molecule has 0 aliphatic heterocycles. The van der Waals surface area contributed by atoms with E-state index in [1.54, 1.807) is 23.0 Å². The number of halogens is 2. The number of nitrogens with zero attached hydrogens (tertiary/aromatic N) is 4. The van der Waals surface area contributed by atoms with E-state index in [4.69, 9.17) is 23.2 Å². The van der Waals surface area contributed by atoms with Gasteiger partial charge >= 0.3 is 0 Å². The molecule has 0 unspecified atom stereocenters. The van der Waals surface area contributed by atoms with Crippen LogP contribution in [0.3, 0.4) is 0 Å². The van der Waals surface area contributed by atoms with Crippen LogP contribution >= 0.6 is 23.2 Å². The van der Waals surface area contributed by atoms with Gasteiger partial charge in [0.1, 0.15) is 5.52 Å². The maximum atomic E-state index is 13.3. The van der Waals surface area contributed by atoms with Gasteiger partial charge in [0.05, 0.1) is 24.1 Å². The maximum absolute atomic E-state index is 13.3. The Morgan fingerprint density at radius 2 is 1.89 bits per heavy atom. The van der Waals surface area contributed by atoms with Crippen LogP contribution in [0.25, 0.3) is 16.6 Å². The van der Waals surface area contributed by atoms with Crippen LogP contribution in [0.4, 0.5) is 0 Å². The van der Waals surface area contributed by atoms with Crippen molar-refractivity contribution in [1.29, 1.82) is 0 Å². The van der Waals surface area contributed by atoms with Crippen molar-refractivity contribution in [3.05, 3.63) is 86.4 Å². The molecule has 140 valence electrons. The number of hydrogen-bond acceptors (Lipinski definition) is 3. The Bertz CT molecular complexity index is 1260. The highest BCUT2D eigenvalue weighted by atomic mass is 35.5. The SMILES string of the molecule is O=c1c2c(cnn2-c2cccc(Cl)c2)c(C2CC2)nn1Cc1ccccc1Cl. The molecule has 4 aromatic rings. The molecule has 0 spiro atoms. The lowest BCUT2D eigenvalue weighted by atomic mass is 10.2. The molecule has 2 aromatic heterocycles. The highest BCUT2D eigenvalue weighted by Gasteiger charge is 2.30. The van der Waals surface area contributed by atoms with Crippen LogP contribution in [0.1, 0.15) is 30.0 Å². The highest BCUT2D eigenvalue weighted by molar-refractivity contribution is 6.31. The molecule has 1 saturated carbocycles. The first-order valence-electron chi connectivity index (χ1n) is 9.10. The van der Waals surface area contributed by atoms with Crippen LogP contribution in [0.15, 0.2) is 59.5 Å². The summed E-state index contributed by atoms with van der Waals surface area (Å²) in [5.74, 6) is 0.373. The fraction of sp³-hybridized carbons (Fsp3) is 0.190. The van der Waals surface area contributed by atoms with E-state index in [9.17, 15) is 4.79 Å². The second kappa shape index (κ2) is 6.76. The average molecular weight is 411 g/mol. The van der Waals surface area contributed by atoms with Crippen molar-refractivity contribution in [2.24, 2.45) is 0 Å². The van der Waals surface area contributed by atoms with Gasteiger partial charge in [-0.1, -0.05) is 47.5 Å². The van der Waals surface area contributed by atoms with Crippen molar-refractivity contribution in [2.45, 2.75) is 25.3 Å². The van der Waals surface area contributed by atoms with Crippen LogP contribution in [0.2, 0.25) is 10.0 Å². The molecule has 1 aliphatic carbocycles. The van der Waals surface area contributed by atoms with E-state index in [-0.39, 0.29) is 5.56 Å². The molecule has 5 nitrogen and oxygen atoms in total. The van der Waals surface area contributed by atoms with Crippen LogP contribution in [0.5, 0.6) is 0 Å². The molecular weight excluding hydrogens is 395 g/mol. The molecule has 0 atom stereocenters. The Labute approximate surface area is 171 Å². The normalized spacial score (nSPS) is 13.9. The standard InChI is InChI=1S/C21H16Cl2N4O/c22-15-5-3-6-16(10-15)27-20-17(11-24-27)19(13-8-9-13)25-26(21(20)28)12-14-4-1-2-7-18(14)23/h1-7,10-11,13H,8-9,12H2. The second-order valence-corrected chi connectivity index (χ2v) is 7.86. The lowest BCUT2D eigenvalue weighted by Gasteiger charge is -2.11. The fourth-order valence-electron chi connectivity index (χ4n) is 3.45. The Hall–Kier alpha value is -2.63. The van der Waals surface area contributed by atoms with E-state index < -0.39 is 0 Å². The zero-order valence-electron chi connectivity index (χ0n) is 14.8. The number of aromatic nitrogens is 4. The van der Waals surface area contributed by atoms with Crippen molar-refractivity contribution in [1.82, 2.24) is 19.6 Å². The minimum Gasteiger partial charge on any atom is -0.265 e. The van der Waals surface area contributed by atoms with Crippen LogP contribution < -0.4 is 5.56 Å². The van der Waals surface area contributed by atoms with Crippen molar-refractivity contribution in [2.75, 3.05) is 0 Å². The molecule has 0 saturated heterocycles. The maximum Gasteiger partial charge on any atom is 0.293 e. The molecule has 0 radical (unpaired) electrons. The summed E-state index contributed by atoms with van der Waals surface area (Å²) in [7, 11) is 0. The van der Waals surface area contributed by atoms with Crippen molar-refractivity contribution in [3.8, 4) is 5.69 Å². The van der Waals surface area contributed by atoms with Crippen LogP contribution in [-0.4, -0.2) is 19.6 Å². The Morgan fingerprint density at radius 1 is 1.07 bits per heavy atom. The van der Waals surface area contributed by atoms with E-state index in [0.29, 0.717) is 28.0 Å². The summed E-state index contributed by atoms with van der Waals surface area (Å²) >= 11 is 12.5. The lowest BCUT2D eigenvalue weighted by Crippen LogP contribution is -2.26. The number of fused-ring (bicyclic) bond motifs is 1. The van der Waals surface area contributed by atoms with E-state index in [1.165, 1.54) is 4.68 Å². The van der Waals surface area contributed by atoms with E-state index in [1.807, 2.05) is 36.4 Å². The topological polar surface area (TPSA) is 52.7 Å². The van der Waals surface area contributed by atoms with Gasteiger partial charge < -0.3 is 0 Å². The first-order chi connectivity index (χ1) is 13.6. The van der Waals surface area contributed by atoms with Gasteiger partial charge in [0, 0.05) is 21.3 Å². The van der Waals surface area contributed by atoms with E-state index in [2.05, 4.69) is 10.2 Å². The van der Waals surface area contributed by atoms with E-state index in [0.717, 1.165) is 35.2 Å². The van der Waals surface area contributed by atoms with E-state index >= 15 is 0 Å². The molecule has 0 N–H and O–H groups in total. The highest BCUT2D eigenvalue weighted by Crippen LogP contribution is 2.41. The molecule has 1 aliphatic rings. The van der Waals surface area contributed by atoms with Gasteiger partial charge in [-0.25, -0.2) is 9.36 Å². The zero-order valence-corrected chi connectivity index (χ0v) is 16.4. The molecule has 1 fully saturated rings. The molecule has 0 bridgehead atoms. The van der Waals surface area contributed by atoms with Gasteiger partial charge in [0.25, 0.3) is 5.56 Å². The van der Waals surface area contributed by atoms with Crippen LogP contribution in [0, 0.1) is 0 Å². The third kappa shape index (κ3) is 3.01. The summed E-state index contributed by atoms with van der Waals surface area (Å²) < 4.78 is 3.15. The average Bonchev–Trinajstić information content (AvgIpc) is 3.43. The third-order valence-corrected chi connectivity index (χ3v) is 5.61. The second-order valence-electron chi connectivity index (χ2n) is 7.01. The molecule has 7 heteroatoms. The third-order valence-electron chi connectivity index (χ3n) is 5.01. The largest absolute Gasteiger partial charge is 0.293 e. The molecule has 5 rings (SSSR count). The minimum atomic E-state index is -0.197. The van der Waals surface area contributed by atoms with Gasteiger partial charge in [-0.2, -0.15) is 10.2 Å². The quantitative estimate of drug-likeness (QED) is 0.484. The number of rotatable bonds is 4. The van der Waals surface area contributed by atoms with Crippen molar-refractivity contribution >= 4 is 34.1 Å². The van der Waals surface area contributed by atoms with Gasteiger partial charge in [-0.3, -0.25) is 4.79 Å². The van der Waals surface area contributed by atoms with Gasteiger partial charge in [0.15, 0.2) is 0 Å². The predicted octanol–water partition coefficient (Wildman–Crippen LogP) is 4.81. The molecule has 0 amide bonds. The smallest absolute Gasteiger partial charge is 0.265 e. The summed E-state index contributed by atoms with van der Waals surface area (Å²) in [4.78, 5) is 13.3. The van der Waals surface area contributed by atoms with Crippen molar-refractivity contribution < 1.29 is 0 Å². The molecule has 28 heavy (non-hydrogen) atoms. The minimum absolute atomic E-state index is 0.197. The molecular formula is C21H16Cl2N4O. The Kier molecular flexibility index (Phi) is 4.22. The van der Waals surface area contributed by atoms with Gasteiger partial charge in [-0.05, 0) is 42.7 Å². The predicted molar refractivity (Wildman–Crippen MR) is 111 cm³/mol. The van der Waals surface area contributed by atoms with Crippen LogP contribution in [-0.2, 0) is 6.54 Å². The number of benzene rings is 2. The van der Waals surface area contributed by atoms with Crippen molar-refractivity contribution in [3.63, 3.8) is 0 Å².